The first-order valence-electron chi connectivity index (χ1n) is 3.68. The SMILES string of the molecule is COCC(=O)C(OC)C(C)C. The van der Waals surface area contributed by atoms with E-state index in [0.717, 1.165) is 0 Å². The lowest BCUT2D eigenvalue weighted by molar-refractivity contribution is -0.134. The maximum Gasteiger partial charge on any atom is 0.187 e. The summed E-state index contributed by atoms with van der Waals surface area (Å²) in [4.78, 5) is 11.2. The summed E-state index contributed by atoms with van der Waals surface area (Å²) in [6.45, 7) is 4.03. The molecule has 0 aliphatic rings. The van der Waals surface area contributed by atoms with Gasteiger partial charge in [0.15, 0.2) is 5.78 Å². The Morgan fingerprint density at radius 1 is 1.36 bits per heavy atom. The van der Waals surface area contributed by atoms with Crippen molar-refractivity contribution in [3.05, 3.63) is 0 Å². The molecule has 0 aliphatic carbocycles. The fourth-order valence-electron chi connectivity index (χ4n) is 1.000. The van der Waals surface area contributed by atoms with E-state index in [4.69, 9.17) is 9.47 Å². The lowest BCUT2D eigenvalue weighted by Gasteiger charge is -2.16. The van der Waals surface area contributed by atoms with Crippen LogP contribution < -0.4 is 0 Å². The van der Waals surface area contributed by atoms with Gasteiger partial charge in [-0.25, -0.2) is 0 Å². The Balaban J connectivity index is 3.92. The van der Waals surface area contributed by atoms with Gasteiger partial charge in [0, 0.05) is 14.2 Å². The van der Waals surface area contributed by atoms with Gasteiger partial charge in [0.1, 0.15) is 12.7 Å². The molecule has 1 unspecified atom stereocenters. The van der Waals surface area contributed by atoms with Crippen molar-refractivity contribution < 1.29 is 14.3 Å². The standard InChI is InChI=1S/C8H16O3/c1-6(2)8(11-4)7(9)5-10-3/h6,8H,5H2,1-4H3. The number of ketones is 1. The summed E-state index contributed by atoms with van der Waals surface area (Å²) >= 11 is 0. The second-order valence-corrected chi connectivity index (χ2v) is 2.80. The van der Waals surface area contributed by atoms with Crippen molar-refractivity contribution >= 4 is 5.78 Å². The third-order valence-electron chi connectivity index (χ3n) is 1.46. The zero-order chi connectivity index (χ0) is 8.85. The highest BCUT2D eigenvalue weighted by atomic mass is 16.5. The molecule has 0 bridgehead atoms. The predicted molar refractivity (Wildman–Crippen MR) is 42.5 cm³/mol. The molecule has 0 amide bonds. The molecule has 0 saturated heterocycles. The number of hydrogen-bond acceptors (Lipinski definition) is 3. The Morgan fingerprint density at radius 3 is 2.18 bits per heavy atom. The number of hydrogen-bond donors (Lipinski definition) is 0. The quantitative estimate of drug-likeness (QED) is 0.598. The second-order valence-electron chi connectivity index (χ2n) is 2.80. The maximum atomic E-state index is 11.2. The summed E-state index contributed by atoms with van der Waals surface area (Å²) < 4.78 is 9.70. The summed E-state index contributed by atoms with van der Waals surface area (Å²) in [6.07, 6.45) is -0.324. The van der Waals surface area contributed by atoms with Crippen LogP contribution in [0, 0.1) is 5.92 Å². The van der Waals surface area contributed by atoms with E-state index < -0.39 is 0 Å². The van der Waals surface area contributed by atoms with E-state index in [1.54, 1.807) is 0 Å². The van der Waals surface area contributed by atoms with Crippen LogP contribution in [-0.4, -0.2) is 32.7 Å². The van der Waals surface area contributed by atoms with Crippen LogP contribution >= 0.6 is 0 Å². The normalized spacial score (nSPS) is 13.5. The molecular weight excluding hydrogens is 144 g/mol. The average molecular weight is 160 g/mol. The molecule has 0 rings (SSSR count). The fourth-order valence-corrected chi connectivity index (χ4v) is 1.000. The number of rotatable bonds is 5. The minimum absolute atomic E-state index is 0.00463. The number of ether oxygens (including phenoxy) is 2. The van der Waals surface area contributed by atoms with Gasteiger partial charge in [0.05, 0.1) is 0 Å². The molecule has 11 heavy (non-hydrogen) atoms. The van der Waals surface area contributed by atoms with Gasteiger partial charge < -0.3 is 9.47 Å². The number of carbonyl (C=O) groups is 1. The Hall–Kier alpha value is -0.410. The minimum atomic E-state index is -0.324. The van der Waals surface area contributed by atoms with Crippen molar-refractivity contribution in [1.29, 1.82) is 0 Å². The van der Waals surface area contributed by atoms with Crippen molar-refractivity contribution in [2.45, 2.75) is 20.0 Å². The first-order valence-corrected chi connectivity index (χ1v) is 3.68. The topological polar surface area (TPSA) is 35.5 Å². The van der Waals surface area contributed by atoms with Gasteiger partial charge in [-0.3, -0.25) is 4.79 Å². The number of methoxy groups -OCH3 is 2. The molecule has 0 radical (unpaired) electrons. The van der Waals surface area contributed by atoms with Crippen LogP contribution in [0.2, 0.25) is 0 Å². The third-order valence-corrected chi connectivity index (χ3v) is 1.46. The van der Waals surface area contributed by atoms with E-state index in [0.29, 0.717) is 0 Å². The van der Waals surface area contributed by atoms with E-state index in [1.165, 1.54) is 14.2 Å². The van der Waals surface area contributed by atoms with Gasteiger partial charge >= 0.3 is 0 Å². The Bertz CT molecular complexity index is 121. The first kappa shape index (κ1) is 10.6. The highest BCUT2D eigenvalue weighted by Crippen LogP contribution is 2.06. The summed E-state index contributed by atoms with van der Waals surface area (Å²) in [7, 11) is 3.04. The number of carbonyl (C=O) groups excluding carboxylic acids is 1. The Kier molecular flexibility index (Phi) is 5.07. The van der Waals surface area contributed by atoms with Gasteiger partial charge in [-0.15, -0.1) is 0 Å². The molecule has 3 nitrogen and oxygen atoms in total. The van der Waals surface area contributed by atoms with E-state index >= 15 is 0 Å². The van der Waals surface area contributed by atoms with Crippen LogP contribution in [0.5, 0.6) is 0 Å². The van der Waals surface area contributed by atoms with Crippen molar-refractivity contribution in [2.75, 3.05) is 20.8 Å². The molecule has 0 spiro atoms. The summed E-state index contributed by atoms with van der Waals surface area (Å²) in [6, 6.07) is 0. The Morgan fingerprint density at radius 2 is 1.91 bits per heavy atom. The summed E-state index contributed by atoms with van der Waals surface area (Å²) in [5.74, 6) is 0.215. The largest absolute Gasteiger partial charge is 0.377 e. The fraction of sp³-hybridized carbons (Fsp3) is 0.875. The molecule has 0 aromatic rings. The Labute approximate surface area is 67.7 Å². The molecule has 0 fully saturated rings. The second kappa shape index (κ2) is 5.27. The highest BCUT2D eigenvalue weighted by Gasteiger charge is 2.20. The van der Waals surface area contributed by atoms with Crippen LogP contribution in [0.1, 0.15) is 13.8 Å². The van der Waals surface area contributed by atoms with E-state index in [2.05, 4.69) is 0 Å². The first-order chi connectivity index (χ1) is 5.13. The summed E-state index contributed by atoms with van der Waals surface area (Å²) in [5, 5.41) is 0. The van der Waals surface area contributed by atoms with Crippen LogP contribution in [0.3, 0.4) is 0 Å². The molecular formula is C8H16O3. The molecule has 0 aromatic heterocycles. The van der Waals surface area contributed by atoms with Gasteiger partial charge in [0.2, 0.25) is 0 Å². The average Bonchev–Trinajstić information content (AvgIpc) is 1.88. The van der Waals surface area contributed by atoms with Crippen molar-refractivity contribution in [2.24, 2.45) is 5.92 Å². The molecule has 0 heterocycles. The van der Waals surface area contributed by atoms with E-state index in [1.807, 2.05) is 13.8 Å². The van der Waals surface area contributed by atoms with Crippen LogP contribution in [0.4, 0.5) is 0 Å². The van der Waals surface area contributed by atoms with Gasteiger partial charge in [-0.05, 0) is 5.92 Å². The maximum absolute atomic E-state index is 11.2. The van der Waals surface area contributed by atoms with E-state index in [9.17, 15) is 4.79 Å². The van der Waals surface area contributed by atoms with Crippen molar-refractivity contribution in [3.63, 3.8) is 0 Å². The number of Topliss-reactive ketones (excluding diaryl/α,β-unsaturated/α-hetero) is 1. The lowest BCUT2D eigenvalue weighted by Crippen LogP contribution is -2.31. The van der Waals surface area contributed by atoms with E-state index in [-0.39, 0.29) is 24.4 Å². The zero-order valence-electron chi connectivity index (χ0n) is 7.59. The molecule has 0 aliphatic heterocycles. The minimum Gasteiger partial charge on any atom is -0.377 e. The molecule has 66 valence electrons. The molecule has 0 aromatic carbocycles. The van der Waals surface area contributed by atoms with Crippen LogP contribution in [-0.2, 0) is 14.3 Å². The van der Waals surface area contributed by atoms with Crippen LogP contribution in [0.25, 0.3) is 0 Å². The molecule has 0 saturated carbocycles. The molecule has 1 atom stereocenters. The zero-order valence-corrected chi connectivity index (χ0v) is 7.59. The van der Waals surface area contributed by atoms with Crippen molar-refractivity contribution in [3.8, 4) is 0 Å². The van der Waals surface area contributed by atoms with Gasteiger partial charge in [-0.1, -0.05) is 13.8 Å². The predicted octanol–water partition coefficient (Wildman–Crippen LogP) is 0.873. The monoisotopic (exact) mass is 160 g/mol. The third kappa shape index (κ3) is 3.49. The lowest BCUT2D eigenvalue weighted by atomic mass is 10.0. The summed E-state index contributed by atoms with van der Waals surface area (Å²) in [5.41, 5.74) is 0. The van der Waals surface area contributed by atoms with Crippen LogP contribution in [0.15, 0.2) is 0 Å². The molecule has 3 heteroatoms. The highest BCUT2D eigenvalue weighted by molar-refractivity contribution is 5.84. The molecule has 0 N–H and O–H groups in total. The smallest absolute Gasteiger partial charge is 0.187 e. The van der Waals surface area contributed by atoms with Gasteiger partial charge in [-0.2, -0.15) is 0 Å². The van der Waals surface area contributed by atoms with Gasteiger partial charge in [0.25, 0.3) is 0 Å². The van der Waals surface area contributed by atoms with Crippen molar-refractivity contribution in [1.82, 2.24) is 0 Å².